The summed E-state index contributed by atoms with van der Waals surface area (Å²) in [6, 6.07) is 14.8. The molecule has 2 aromatic rings. The quantitative estimate of drug-likeness (QED) is 0.815. The van der Waals surface area contributed by atoms with Gasteiger partial charge < -0.3 is 4.74 Å². The van der Waals surface area contributed by atoms with E-state index in [0.29, 0.717) is 24.3 Å². The van der Waals surface area contributed by atoms with E-state index in [-0.39, 0.29) is 18.7 Å². The Balaban J connectivity index is 1.52. The molecule has 2 aromatic carbocycles. The van der Waals surface area contributed by atoms with E-state index in [2.05, 4.69) is 0 Å². The molecule has 2 aliphatic heterocycles. The topological polar surface area (TPSA) is 63.7 Å². The van der Waals surface area contributed by atoms with Gasteiger partial charge in [-0.1, -0.05) is 42.0 Å². The monoisotopic (exact) mass is 383 g/mol. The number of rotatable bonds is 3. The molecule has 0 N–H and O–H groups in total. The number of para-hydroxylation sites is 1. The van der Waals surface area contributed by atoms with Crippen LogP contribution in [0.5, 0.6) is 5.75 Å². The first-order valence-electron chi connectivity index (χ1n) is 8.93. The van der Waals surface area contributed by atoms with Gasteiger partial charge in [-0.2, -0.15) is 4.31 Å². The summed E-state index contributed by atoms with van der Waals surface area (Å²) < 4.78 is 33.0. The Morgan fingerprint density at radius 3 is 2.63 bits per heavy atom. The lowest BCUT2D eigenvalue weighted by molar-refractivity contribution is 0.0499. The lowest BCUT2D eigenvalue weighted by Gasteiger charge is -2.34. The summed E-state index contributed by atoms with van der Waals surface area (Å²) in [6.07, 6.45) is 2.31. The van der Waals surface area contributed by atoms with Crippen LogP contribution < -0.4 is 4.74 Å². The Kier molecular flexibility index (Phi) is 4.40. The average molecular weight is 383 g/mol. The third-order valence-electron chi connectivity index (χ3n) is 5.15. The van der Waals surface area contributed by atoms with Gasteiger partial charge in [-0.3, -0.25) is 4.79 Å². The molecule has 2 aliphatic rings. The van der Waals surface area contributed by atoms with E-state index < -0.39 is 15.6 Å². The summed E-state index contributed by atoms with van der Waals surface area (Å²) in [5, 5.41) is 1.23. The highest BCUT2D eigenvalue weighted by atomic mass is 32.2. The van der Waals surface area contributed by atoms with E-state index in [9.17, 15) is 13.2 Å². The molecule has 6 heteroatoms. The smallest absolute Gasteiger partial charge is 0.236 e. The summed E-state index contributed by atoms with van der Waals surface area (Å²) in [6.45, 7) is 2.52. The normalized spacial score (nSPS) is 22.9. The highest BCUT2D eigenvalue weighted by Crippen LogP contribution is 2.39. The van der Waals surface area contributed by atoms with Crippen LogP contribution in [0.3, 0.4) is 0 Å². The average Bonchev–Trinajstić information content (AvgIpc) is 3.05. The first-order chi connectivity index (χ1) is 12.9. The third-order valence-corrected chi connectivity index (χ3v) is 6.66. The molecule has 1 spiro atoms. The number of hydrogen-bond donors (Lipinski definition) is 0. The molecule has 0 aromatic heterocycles. The van der Waals surface area contributed by atoms with Crippen LogP contribution in [0, 0.1) is 6.92 Å². The number of Topliss-reactive ketones (excluding diaryl/α,β-unsaturated/α-hetero) is 1. The molecule has 0 aliphatic carbocycles. The Morgan fingerprint density at radius 1 is 1.11 bits per heavy atom. The van der Waals surface area contributed by atoms with Crippen molar-refractivity contribution in [2.45, 2.75) is 25.4 Å². The molecule has 0 saturated carbocycles. The number of ketones is 1. The Labute approximate surface area is 159 Å². The molecule has 140 valence electrons. The van der Waals surface area contributed by atoms with Crippen molar-refractivity contribution < 1.29 is 17.9 Å². The van der Waals surface area contributed by atoms with E-state index in [4.69, 9.17) is 4.74 Å². The molecule has 0 radical (unpaired) electrons. The molecule has 0 bridgehead atoms. The second-order valence-corrected chi connectivity index (χ2v) is 9.04. The molecule has 5 nitrogen and oxygen atoms in total. The second kappa shape index (κ2) is 6.62. The minimum absolute atomic E-state index is 0.00583. The van der Waals surface area contributed by atoms with Crippen molar-refractivity contribution in [3.05, 3.63) is 70.6 Å². The van der Waals surface area contributed by atoms with Crippen molar-refractivity contribution in [2.24, 2.45) is 0 Å². The van der Waals surface area contributed by atoms with E-state index >= 15 is 0 Å². The van der Waals surface area contributed by atoms with Crippen molar-refractivity contribution in [3.63, 3.8) is 0 Å². The van der Waals surface area contributed by atoms with Crippen LogP contribution in [0.4, 0.5) is 0 Å². The standard InChI is InChI=1S/C21H21NO4S/c1-16-6-8-17(9-7-16)10-13-27(24,25)22-12-11-21(15-22)14-19(23)18-4-2-3-5-20(18)26-21/h2-10,13H,11-12,14-15H2,1H3/b13-10+. The van der Waals surface area contributed by atoms with Gasteiger partial charge in [-0.25, -0.2) is 8.42 Å². The molecule has 0 amide bonds. The number of fused-ring (bicyclic) bond motifs is 1. The van der Waals surface area contributed by atoms with Crippen LogP contribution in [0.15, 0.2) is 53.9 Å². The Bertz CT molecular complexity index is 1010. The van der Waals surface area contributed by atoms with Gasteiger partial charge in [-0.05, 0) is 30.7 Å². The highest BCUT2D eigenvalue weighted by Gasteiger charge is 2.48. The molecular formula is C21H21NO4S. The van der Waals surface area contributed by atoms with Gasteiger partial charge in [0.05, 0.1) is 18.5 Å². The molecule has 1 atom stereocenters. The molecule has 1 fully saturated rings. The number of sulfonamides is 1. The summed E-state index contributed by atoms with van der Waals surface area (Å²) in [5.41, 5.74) is 1.76. The minimum Gasteiger partial charge on any atom is -0.485 e. The van der Waals surface area contributed by atoms with E-state index in [1.54, 1.807) is 24.3 Å². The summed E-state index contributed by atoms with van der Waals surface area (Å²) in [4.78, 5) is 12.5. The maximum absolute atomic E-state index is 12.7. The number of benzene rings is 2. The molecule has 1 unspecified atom stereocenters. The van der Waals surface area contributed by atoms with Crippen LogP contribution in [0.2, 0.25) is 0 Å². The van der Waals surface area contributed by atoms with Gasteiger partial charge in [-0.15, -0.1) is 0 Å². The second-order valence-electron chi connectivity index (χ2n) is 7.22. The number of ether oxygens (including phenoxy) is 1. The van der Waals surface area contributed by atoms with Crippen molar-refractivity contribution in [2.75, 3.05) is 13.1 Å². The van der Waals surface area contributed by atoms with Gasteiger partial charge >= 0.3 is 0 Å². The van der Waals surface area contributed by atoms with Crippen LogP contribution in [0.25, 0.3) is 6.08 Å². The van der Waals surface area contributed by atoms with Gasteiger partial charge in [0.2, 0.25) is 10.0 Å². The fourth-order valence-corrected chi connectivity index (χ4v) is 4.89. The van der Waals surface area contributed by atoms with Crippen LogP contribution >= 0.6 is 0 Å². The van der Waals surface area contributed by atoms with E-state index in [1.165, 1.54) is 9.71 Å². The molecule has 4 rings (SSSR count). The van der Waals surface area contributed by atoms with Crippen LogP contribution in [0.1, 0.15) is 34.3 Å². The molecular weight excluding hydrogens is 362 g/mol. The zero-order valence-electron chi connectivity index (χ0n) is 15.1. The first kappa shape index (κ1) is 17.9. The zero-order chi connectivity index (χ0) is 19.1. The largest absolute Gasteiger partial charge is 0.485 e. The van der Waals surface area contributed by atoms with E-state index in [0.717, 1.165) is 11.1 Å². The van der Waals surface area contributed by atoms with Gasteiger partial charge in [0, 0.05) is 18.4 Å². The zero-order valence-corrected chi connectivity index (χ0v) is 15.9. The van der Waals surface area contributed by atoms with Crippen molar-refractivity contribution in [1.29, 1.82) is 0 Å². The maximum atomic E-state index is 12.7. The number of hydrogen-bond acceptors (Lipinski definition) is 4. The summed E-state index contributed by atoms with van der Waals surface area (Å²) in [5.74, 6) is 0.550. The van der Waals surface area contributed by atoms with Crippen LogP contribution in [-0.4, -0.2) is 37.2 Å². The fourth-order valence-electron chi connectivity index (χ4n) is 3.62. The molecule has 1 saturated heterocycles. The minimum atomic E-state index is -3.58. The van der Waals surface area contributed by atoms with Crippen LogP contribution in [-0.2, 0) is 10.0 Å². The molecule has 2 heterocycles. The SMILES string of the molecule is Cc1ccc(/C=C/S(=O)(=O)N2CCC3(CC(=O)c4ccccc4O3)C2)cc1. The summed E-state index contributed by atoms with van der Waals surface area (Å²) >= 11 is 0. The Morgan fingerprint density at radius 2 is 1.85 bits per heavy atom. The van der Waals surface area contributed by atoms with Crippen molar-refractivity contribution in [1.82, 2.24) is 4.31 Å². The number of carbonyl (C=O) groups is 1. The maximum Gasteiger partial charge on any atom is 0.236 e. The van der Waals surface area contributed by atoms with E-state index in [1.807, 2.05) is 37.3 Å². The molecule has 27 heavy (non-hydrogen) atoms. The third kappa shape index (κ3) is 3.55. The lowest BCUT2D eigenvalue weighted by atomic mass is 9.89. The van der Waals surface area contributed by atoms with Gasteiger partial charge in [0.1, 0.15) is 11.4 Å². The van der Waals surface area contributed by atoms with Crippen molar-refractivity contribution >= 4 is 21.9 Å². The lowest BCUT2D eigenvalue weighted by Crippen LogP contribution is -2.45. The number of aryl methyl sites for hydroxylation is 1. The predicted octanol–water partition coefficient (Wildman–Crippen LogP) is 3.41. The summed E-state index contributed by atoms with van der Waals surface area (Å²) in [7, 11) is -3.58. The predicted molar refractivity (Wildman–Crippen MR) is 104 cm³/mol. The number of carbonyl (C=O) groups excluding carboxylic acids is 1. The number of nitrogens with zero attached hydrogens (tertiary/aromatic N) is 1. The van der Waals surface area contributed by atoms with Gasteiger partial charge in [0.15, 0.2) is 5.78 Å². The fraction of sp³-hybridized carbons (Fsp3) is 0.286. The van der Waals surface area contributed by atoms with Crippen molar-refractivity contribution in [3.8, 4) is 5.75 Å². The highest BCUT2D eigenvalue weighted by molar-refractivity contribution is 7.92. The van der Waals surface area contributed by atoms with Gasteiger partial charge in [0.25, 0.3) is 0 Å². The Hall–Kier alpha value is -2.44. The first-order valence-corrected chi connectivity index (χ1v) is 10.4.